The standard InChI is InChI=1S/C11H13NO3/c1-14-10-3-4-11(15-2)9(7-10)5-6-12-8-13/h3-8H,1-2H3,(H,12,13)/b6-5-. The molecule has 0 aliphatic rings. The maximum atomic E-state index is 10.1. The zero-order chi connectivity index (χ0) is 11.1. The number of carbonyl (C=O) groups is 1. The van der Waals surface area contributed by atoms with Crippen LogP contribution in [0.25, 0.3) is 6.08 Å². The molecule has 0 aromatic heterocycles. The number of methoxy groups -OCH3 is 2. The molecule has 0 spiro atoms. The SMILES string of the molecule is COc1ccc(OC)c(/C=C\NC=O)c1. The Morgan fingerprint density at radius 3 is 2.67 bits per heavy atom. The van der Waals surface area contributed by atoms with Gasteiger partial charge in [0.1, 0.15) is 11.5 Å². The molecule has 0 bridgehead atoms. The molecule has 15 heavy (non-hydrogen) atoms. The first-order valence-electron chi connectivity index (χ1n) is 4.40. The van der Waals surface area contributed by atoms with E-state index >= 15 is 0 Å². The molecular weight excluding hydrogens is 194 g/mol. The molecule has 0 unspecified atom stereocenters. The normalized spacial score (nSPS) is 10.0. The summed E-state index contributed by atoms with van der Waals surface area (Å²) in [5.41, 5.74) is 0.839. The molecule has 0 radical (unpaired) electrons. The van der Waals surface area contributed by atoms with Crippen LogP contribution in [0.5, 0.6) is 11.5 Å². The second kappa shape index (κ2) is 5.70. The van der Waals surface area contributed by atoms with Crippen LogP contribution in [0.1, 0.15) is 5.56 Å². The zero-order valence-electron chi connectivity index (χ0n) is 8.69. The molecule has 0 fully saturated rings. The van der Waals surface area contributed by atoms with E-state index in [9.17, 15) is 4.79 Å². The highest BCUT2D eigenvalue weighted by molar-refractivity contribution is 5.61. The summed E-state index contributed by atoms with van der Waals surface area (Å²) >= 11 is 0. The first kappa shape index (κ1) is 11.1. The number of benzene rings is 1. The van der Waals surface area contributed by atoms with Gasteiger partial charge >= 0.3 is 0 Å². The molecule has 4 nitrogen and oxygen atoms in total. The molecule has 4 heteroatoms. The molecule has 0 aliphatic carbocycles. The Bertz CT molecular complexity index is 361. The second-order valence-electron chi connectivity index (χ2n) is 2.73. The van der Waals surface area contributed by atoms with Gasteiger partial charge in [-0.3, -0.25) is 4.79 Å². The van der Waals surface area contributed by atoms with Gasteiger partial charge in [0, 0.05) is 11.8 Å². The van der Waals surface area contributed by atoms with Gasteiger partial charge in [-0.1, -0.05) is 0 Å². The van der Waals surface area contributed by atoms with Crippen molar-refractivity contribution in [1.82, 2.24) is 5.32 Å². The molecule has 80 valence electrons. The summed E-state index contributed by atoms with van der Waals surface area (Å²) in [6, 6.07) is 5.44. The summed E-state index contributed by atoms with van der Waals surface area (Å²) < 4.78 is 10.2. The lowest BCUT2D eigenvalue weighted by Gasteiger charge is -2.06. The van der Waals surface area contributed by atoms with Gasteiger partial charge in [-0.2, -0.15) is 0 Å². The van der Waals surface area contributed by atoms with E-state index in [4.69, 9.17) is 9.47 Å². The van der Waals surface area contributed by atoms with E-state index in [0.29, 0.717) is 6.41 Å². The van der Waals surface area contributed by atoms with E-state index in [1.165, 1.54) is 6.20 Å². The maximum Gasteiger partial charge on any atom is 0.211 e. The fraction of sp³-hybridized carbons (Fsp3) is 0.182. The number of carbonyl (C=O) groups excluding carboxylic acids is 1. The van der Waals surface area contributed by atoms with Crippen molar-refractivity contribution < 1.29 is 14.3 Å². The number of hydrogen-bond donors (Lipinski definition) is 1. The van der Waals surface area contributed by atoms with Gasteiger partial charge in [0.15, 0.2) is 0 Å². The van der Waals surface area contributed by atoms with Gasteiger partial charge in [0.25, 0.3) is 0 Å². The minimum absolute atomic E-state index is 0.600. The summed E-state index contributed by atoms with van der Waals surface area (Å²) in [5, 5.41) is 2.43. The van der Waals surface area contributed by atoms with E-state index < -0.39 is 0 Å². The largest absolute Gasteiger partial charge is 0.497 e. The van der Waals surface area contributed by atoms with Crippen LogP contribution in [0.15, 0.2) is 24.4 Å². The molecule has 1 aromatic carbocycles. The number of amides is 1. The Kier molecular flexibility index (Phi) is 4.22. The van der Waals surface area contributed by atoms with E-state index in [2.05, 4.69) is 5.32 Å². The fourth-order valence-corrected chi connectivity index (χ4v) is 1.15. The molecule has 1 N–H and O–H groups in total. The molecule has 1 aromatic rings. The van der Waals surface area contributed by atoms with Crippen molar-refractivity contribution in [3.05, 3.63) is 30.0 Å². The third-order valence-electron chi connectivity index (χ3n) is 1.86. The molecule has 0 aliphatic heterocycles. The van der Waals surface area contributed by atoms with Crippen LogP contribution < -0.4 is 14.8 Å². The predicted octanol–water partition coefficient (Wildman–Crippen LogP) is 1.42. The van der Waals surface area contributed by atoms with E-state index in [1.807, 2.05) is 12.1 Å². The zero-order valence-corrected chi connectivity index (χ0v) is 8.69. The van der Waals surface area contributed by atoms with Crippen LogP contribution in [0.4, 0.5) is 0 Å². The number of nitrogens with one attached hydrogen (secondary N) is 1. The van der Waals surface area contributed by atoms with Gasteiger partial charge in [-0.05, 0) is 24.3 Å². The topological polar surface area (TPSA) is 47.6 Å². The molecule has 1 amide bonds. The summed E-state index contributed by atoms with van der Waals surface area (Å²) in [5.74, 6) is 1.46. The lowest BCUT2D eigenvalue weighted by Crippen LogP contribution is -1.98. The third kappa shape index (κ3) is 3.02. The van der Waals surface area contributed by atoms with Crippen LogP contribution in [-0.4, -0.2) is 20.6 Å². The van der Waals surface area contributed by atoms with Crippen molar-refractivity contribution >= 4 is 12.5 Å². The Hall–Kier alpha value is -1.97. The second-order valence-corrected chi connectivity index (χ2v) is 2.73. The molecule has 1 rings (SSSR count). The average Bonchev–Trinajstić information content (AvgIpc) is 2.29. The van der Waals surface area contributed by atoms with E-state index in [0.717, 1.165) is 17.1 Å². The summed E-state index contributed by atoms with van der Waals surface area (Å²) in [4.78, 5) is 10.1. The van der Waals surface area contributed by atoms with Gasteiger partial charge in [-0.25, -0.2) is 0 Å². The first-order valence-corrected chi connectivity index (χ1v) is 4.40. The van der Waals surface area contributed by atoms with Crippen LogP contribution in [0, 0.1) is 0 Å². The predicted molar refractivity (Wildman–Crippen MR) is 57.8 cm³/mol. The van der Waals surface area contributed by atoms with Crippen molar-refractivity contribution in [3.63, 3.8) is 0 Å². The lowest BCUT2D eigenvalue weighted by atomic mass is 10.2. The van der Waals surface area contributed by atoms with Crippen LogP contribution in [-0.2, 0) is 4.79 Å². The minimum atomic E-state index is 0.600. The Morgan fingerprint density at radius 2 is 2.07 bits per heavy atom. The van der Waals surface area contributed by atoms with E-state index in [1.54, 1.807) is 26.4 Å². The van der Waals surface area contributed by atoms with Crippen molar-refractivity contribution in [2.75, 3.05) is 14.2 Å². The van der Waals surface area contributed by atoms with Crippen molar-refractivity contribution in [1.29, 1.82) is 0 Å². The van der Waals surface area contributed by atoms with Crippen molar-refractivity contribution in [2.45, 2.75) is 0 Å². The Balaban J connectivity index is 2.95. The number of ether oxygens (including phenoxy) is 2. The van der Waals surface area contributed by atoms with Crippen LogP contribution in [0.3, 0.4) is 0 Å². The van der Waals surface area contributed by atoms with Gasteiger partial charge in [0.05, 0.1) is 14.2 Å². The van der Waals surface area contributed by atoms with Gasteiger partial charge in [0.2, 0.25) is 6.41 Å². The van der Waals surface area contributed by atoms with Crippen molar-refractivity contribution in [3.8, 4) is 11.5 Å². The van der Waals surface area contributed by atoms with Crippen LogP contribution in [0.2, 0.25) is 0 Å². The molecular formula is C11H13NO3. The minimum Gasteiger partial charge on any atom is -0.497 e. The summed E-state index contributed by atoms with van der Waals surface area (Å²) in [7, 11) is 3.19. The third-order valence-corrected chi connectivity index (χ3v) is 1.86. The maximum absolute atomic E-state index is 10.1. The highest BCUT2D eigenvalue weighted by Crippen LogP contribution is 2.24. The fourth-order valence-electron chi connectivity index (χ4n) is 1.15. The van der Waals surface area contributed by atoms with Crippen molar-refractivity contribution in [2.24, 2.45) is 0 Å². The number of rotatable bonds is 5. The Morgan fingerprint density at radius 1 is 1.27 bits per heavy atom. The highest BCUT2D eigenvalue weighted by Gasteiger charge is 2.00. The summed E-state index contributed by atoms with van der Waals surface area (Å²) in [6.45, 7) is 0. The number of hydrogen-bond acceptors (Lipinski definition) is 3. The smallest absolute Gasteiger partial charge is 0.211 e. The van der Waals surface area contributed by atoms with E-state index in [-0.39, 0.29) is 0 Å². The average molecular weight is 207 g/mol. The lowest BCUT2D eigenvalue weighted by molar-refractivity contribution is -0.108. The van der Waals surface area contributed by atoms with Gasteiger partial charge < -0.3 is 14.8 Å². The summed E-state index contributed by atoms with van der Waals surface area (Å²) in [6.07, 6.45) is 3.86. The van der Waals surface area contributed by atoms with Crippen LogP contribution >= 0.6 is 0 Å². The Labute approximate surface area is 88.5 Å². The molecule has 0 heterocycles. The molecule has 0 saturated carbocycles. The monoisotopic (exact) mass is 207 g/mol. The van der Waals surface area contributed by atoms with Gasteiger partial charge in [-0.15, -0.1) is 0 Å². The first-order chi connectivity index (χ1) is 7.31. The molecule has 0 saturated heterocycles. The highest BCUT2D eigenvalue weighted by atomic mass is 16.5. The quantitative estimate of drug-likeness (QED) is 0.743. The molecule has 0 atom stereocenters.